The third kappa shape index (κ3) is 3.20. The molecular weight excluding hydrogens is 348 g/mol. The summed E-state index contributed by atoms with van der Waals surface area (Å²) in [4.78, 5) is -0.189. The molecule has 0 aliphatic rings. The summed E-state index contributed by atoms with van der Waals surface area (Å²) in [6.45, 7) is -0.871. The van der Waals surface area contributed by atoms with Gasteiger partial charge in [-0.25, -0.2) is 8.42 Å². The third-order valence-electron chi connectivity index (χ3n) is 2.39. The van der Waals surface area contributed by atoms with Crippen molar-refractivity contribution in [2.45, 2.75) is 4.90 Å². The smallest absolute Gasteiger partial charge is 0.248 e. The van der Waals surface area contributed by atoms with Crippen LogP contribution in [-0.4, -0.2) is 32.9 Å². The van der Waals surface area contributed by atoms with E-state index >= 15 is 0 Å². The molecule has 2 N–H and O–H groups in total. The molecule has 0 heterocycles. The highest BCUT2D eigenvalue weighted by Crippen LogP contribution is 2.33. The van der Waals surface area contributed by atoms with E-state index in [1.54, 1.807) is 12.1 Å². The van der Waals surface area contributed by atoms with E-state index in [2.05, 4.69) is 15.9 Å². The number of nitriles is 2. The summed E-state index contributed by atoms with van der Waals surface area (Å²) in [5, 5.41) is 17.3. The van der Waals surface area contributed by atoms with Crippen LogP contribution in [0.1, 0.15) is 0 Å². The van der Waals surface area contributed by atoms with Gasteiger partial charge in [-0.1, -0.05) is 0 Å². The summed E-state index contributed by atoms with van der Waals surface area (Å²) in [5.74, 6) is 0.0759. The molecule has 7 nitrogen and oxygen atoms in total. The summed E-state index contributed by atoms with van der Waals surface area (Å²) >= 11 is 3.17. The Hall–Kier alpha value is -1.81. The summed E-state index contributed by atoms with van der Waals surface area (Å²) < 4.78 is 31.1. The van der Waals surface area contributed by atoms with Gasteiger partial charge in [-0.05, 0) is 28.1 Å². The second-order valence-electron chi connectivity index (χ2n) is 3.61. The lowest BCUT2D eigenvalue weighted by Gasteiger charge is -2.18. The lowest BCUT2D eigenvalue weighted by Crippen LogP contribution is -2.32. The topological polar surface area (TPSA) is 120 Å². The number of hydrogen-bond donors (Lipinski definition) is 1. The molecule has 0 atom stereocenters. The molecule has 0 radical (unpaired) electrons. The monoisotopic (exact) mass is 358 g/mol. The Bertz CT molecular complexity index is 675. The Morgan fingerprint density at radius 3 is 2.35 bits per heavy atom. The van der Waals surface area contributed by atoms with Gasteiger partial charge in [-0.15, -0.1) is 0 Å². The molecule has 0 saturated heterocycles. The number of sulfonamides is 1. The van der Waals surface area contributed by atoms with Crippen LogP contribution < -0.4 is 10.5 Å². The Balaban J connectivity index is 3.45. The van der Waals surface area contributed by atoms with Gasteiger partial charge in [-0.3, -0.25) is 0 Å². The number of halogens is 1. The lowest BCUT2D eigenvalue weighted by atomic mass is 10.3. The maximum Gasteiger partial charge on any atom is 0.248 e. The van der Waals surface area contributed by atoms with E-state index in [0.29, 0.717) is 4.47 Å². The van der Waals surface area contributed by atoms with Crippen LogP contribution in [0, 0.1) is 22.7 Å². The van der Waals surface area contributed by atoms with Crippen LogP contribution in [0.4, 0.5) is 5.69 Å². The third-order valence-corrected chi connectivity index (χ3v) is 4.89. The summed E-state index contributed by atoms with van der Waals surface area (Å²) in [6.07, 6.45) is 0. The maximum absolute atomic E-state index is 12.4. The first-order valence-corrected chi connectivity index (χ1v) is 7.48. The second kappa shape index (κ2) is 6.57. The molecular formula is C11H11BrN4O3S. The SMILES string of the molecule is COc1cc(Br)c(N)cc1S(=O)(=O)N(CC#N)CC#N. The van der Waals surface area contributed by atoms with Crippen LogP contribution in [0.2, 0.25) is 0 Å². The molecule has 9 heteroatoms. The first-order chi connectivity index (χ1) is 9.38. The highest BCUT2D eigenvalue weighted by Gasteiger charge is 2.28. The van der Waals surface area contributed by atoms with Gasteiger partial charge in [0.2, 0.25) is 10.0 Å². The largest absolute Gasteiger partial charge is 0.495 e. The zero-order valence-electron chi connectivity index (χ0n) is 10.5. The lowest BCUT2D eigenvalue weighted by molar-refractivity contribution is 0.398. The highest BCUT2D eigenvalue weighted by molar-refractivity contribution is 9.10. The minimum Gasteiger partial charge on any atom is -0.495 e. The summed E-state index contributed by atoms with van der Waals surface area (Å²) in [6, 6.07) is 6.05. The van der Waals surface area contributed by atoms with Crippen LogP contribution >= 0.6 is 15.9 Å². The van der Waals surface area contributed by atoms with Crippen molar-refractivity contribution in [3.8, 4) is 17.9 Å². The molecule has 0 aromatic heterocycles. The molecule has 1 aromatic rings. The van der Waals surface area contributed by atoms with Crippen molar-refractivity contribution in [1.82, 2.24) is 4.31 Å². The van der Waals surface area contributed by atoms with Gasteiger partial charge < -0.3 is 10.5 Å². The van der Waals surface area contributed by atoms with Crippen molar-refractivity contribution in [3.63, 3.8) is 0 Å². The number of rotatable bonds is 5. The highest BCUT2D eigenvalue weighted by atomic mass is 79.9. The van der Waals surface area contributed by atoms with Gasteiger partial charge >= 0.3 is 0 Å². The van der Waals surface area contributed by atoms with Gasteiger partial charge in [-0.2, -0.15) is 14.8 Å². The number of hydrogen-bond acceptors (Lipinski definition) is 6. The summed E-state index contributed by atoms with van der Waals surface area (Å²) in [7, 11) is -2.73. The molecule has 1 rings (SSSR count). The number of anilines is 1. The fraction of sp³-hybridized carbons (Fsp3) is 0.273. The molecule has 0 fully saturated rings. The molecule has 1 aromatic carbocycles. The first kappa shape index (κ1) is 16.2. The standard InChI is InChI=1S/C11H11BrN4O3S/c1-19-10-6-8(12)9(15)7-11(10)20(17,18)16(4-2-13)5-3-14/h6-7H,4-5,15H2,1H3. The predicted octanol–water partition coefficient (Wildman–Crippen LogP) is 1.08. The molecule has 0 aliphatic carbocycles. The zero-order chi connectivity index (χ0) is 15.3. The van der Waals surface area contributed by atoms with Crippen LogP contribution in [0.3, 0.4) is 0 Å². The Morgan fingerprint density at radius 2 is 1.90 bits per heavy atom. The average molecular weight is 359 g/mol. The van der Waals surface area contributed by atoms with Crippen LogP contribution in [-0.2, 0) is 10.0 Å². The minimum absolute atomic E-state index is 0.0759. The normalized spacial score (nSPS) is 10.8. The van der Waals surface area contributed by atoms with Crippen molar-refractivity contribution in [3.05, 3.63) is 16.6 Å². The molecule has 0 saturated carbocycles. The molecule has 0 aliphatic heterocycles. The Kier molecular flexibility index (Phi) is 5.34. The molecule has 0 spiro atoms. The number of nitrogen functional groups attached to an aromatic ring is 1. The predicted molar refractivity (Wildman–Crippen MR) is 75.1 cm³/mol. The van der Waals surface area contributed by atoms with Crippen molar-refractivity contribution >= 4 is 31.6 Å². The quantitative estimate of drug-likeness (QED) is 0.620. The fourth-order valence-corrected chi connectivity index (χ4v) is 3.16. The molecule has 0 bridgehead atoms. The van der Waals surface area contributed by atoms with Crippen molar-refractivity contribution in [2.24, 2.45) is 0 Å². The van der Waals surface area contributed by atoms with Crippen LogP contribution in [0.15, 0.2) is 21.5 Å². The Labute approximate surface area is 125 Å². The average Bonchev–Trinajstić information content (AvgIpc) is 2.41. The van der Waals surface area contributed by atoms with Crippen LogP contribution in [0.5, 0.6) is 5.75 Å². The number of methoxy groups -OCH3 is 1. The summed E-state index contributed by atoms with van der Waals surface area (Å²) in [5.41, 5.74) is 5.88. The van der Waals surface area contributed by atoms with E-state index in [9.17, 15) is 8.42 Å². The van der Waals surface area contributed by atoms with Gasteiger partial charge in [0.15, 0.2) is 0 Å². The fourth-order valence-electron chi connectivity index (χ4n) is 1.43. The van der Waals surface area contributed by atoms with Crippen molar-refractivity contribution in [2.75, 3.05) is 25.9 Å². The van der Waals surface area contributed by atoms with E-state index in [-0.39, 0.29) is 16.3 Å². The number of benzene rings is 1. The molecule has 106 valence electrons. The first-order valence-electron chi connectivity index (χ1n) is 5.25. The van der Waals surface area contributed by atoms with E-state index in [1.807, 2.05) is 0 Å². The van der Waals surface area contributed by atoms with Crippen molar-refractivity contribution in [1.29, 1.82) is 10.5 Å². The number of ether oxygens (including phenoxy) is 1. The van der Waals surface area contributed by atoms with Gasteiger partial charge in [0.1, 0.15) is 23.7 Å². The number of nitrogens with two attached hydrogens (primary N) is 1. The van der Waals surface area contributed by atoms with Gasteiger partial charge in [0.05, 0.1) is 19.2 Å². The minimum atomic E-state index is -4.04. The molecule has 0 unspecified atom stereocenters. The Morgan fingerprint density at radius 1 is 1.35 bits per heavy atom. The van der Waals surface area contributed by atoms with Crippen molar-refractivity contribution < 1.29 is 13.2 Å². The molecule has 0 amide bonds. The van der Waals surface area contributed by atoms with E-state index in [1.165, 1.54) is 19.2 Å². The zero-order valence-corrected chi connectivity index (χ0v) is 12.9. The van der Waals surface area contributed by atoms with Crippen LogP contribution in [0.25, 0.3) is 0 Å². The number of nitrogens with zero attached hydrogens (tertiary/aromatic N) is 3. The van der Waals surface area contributed by atoms with Gasteiger partial charge in [0.25, 0.3) is 0 Å². The molecule has 20 heavy (non-hydrogen) atoms. The van der Waals surface area contributed by atoms with E-state index in [0.717, 1.165) is 4.31 Å². The second-order valence-corrected chi connectivity index (χ2v) is 6.37. The maximum atomic E-state index is 12.4. The van der Waals surface area contributed by atoms with E-state index in [4.69, 9.17) is 21.0 Å². The van der Waals surface area contributed by atoms with Gasteiger partial charge in [0, 0.05) is 10.2 Å². The van der Waals surface area contributed by atoms with E-state index < -0.39 is 23.1 Å².